The van der Waals surface area contributed by atoms with Crippen LogP contribution in [0.4, 0.5) is 0 Å². The van der Waals surface area contributed by atoms with Gasteiger partial charge in [0.1, 0.15) is 6.29 Å². The molecule has 1 aliphatic rings. The monoisotopic (exact) mass is 154 g/mol. The van der Waals surface area contributed by atoms with Crippen LogP contribution in [-0.2, 0) is 9.59 Å². The lowest BCUT2D eigenvalue weighted by atomic mass is 10.2. The number of rotatable bonds is 2. The Morgan fingerprint density at radius 3 is 2.80 bits per heavy atom. The van der Waals surface area contributed by atoms with Gasteiger partial charge in [0.25, 0.3) is 0 Å². The molecule has 0 aromatic rings. The van der Waals surface area contributed by atoms with Crippen molar-refractivity contribution in [3.63, 3.8) is 0 Å². The summed E-state index contributed by atoms with van der Waals surface area (Å²) in [4.78, 5) is 20.4. The van der Waals surface area contributed by atoms with Crippen molar-refractivity contribution in [1.82, 2.24) is 0 Å². The van der Waals surface area contributed by atoms with E-state index in [1.165, 1.54) is 11.8 Å². The van der Waals surface area contributed by atoms with Gasteiger partial charge in [0.2, 0.25) is 0 Å². The number of carbonyl (C=O) groups is 2. The van der Waals surface area contributed by atoms with Gasteiger partial charge in [-0.1, -0.05) is 0 Å². The second-order valence-electron chi connectivity index (χ2n) is 1.88. The van der Waals surface area contributed by atoms with Crippen LogP contribution in [-0.4, -0.2) is 18.3 Å². The van der Waals surface area contributed by atoms with Gasteiger partial charge in [-0.3, -0.25) is 9.59 Å². The van der Waals surface area contributed by atoms with E-state index in [4.69, 9.17) is 0 Å². The van der Waals surface area contributed by atoms with Crippen LogP contribution in [0, 0.1) is 0 Å². The molecule has 0 N–H and O–H groups in total. The molecule has 10 heavy (non-hydrogen) atoms. The SMILES string of the molecule is O=CC1=CSCC(C=O)=C1. The molecule has 1 aliphatic heterocycles. The van der Waals surface area contributed by atoms with Crippen LogP contribution in [0.3, 0.4) is 0 Å². The van der Waals surface area contributed by atoms with Crippen molar-refractivity contribution < 1.29 is 9.59 Å². The first-order valence-electron chi connectivity index (χ1n) is 2.79. The fraction of sp³-hybridized carbons (Fsp3) is 0.143. The molecule has 0 aromatic heterocycles. The Labute approximate surface area is 63.0 Å². The molecule has 1 rings (SSSR count). The van der Waals surface area contributed by atoms with Gasteiger partial charge in [-0.25, -0.2) is 0 Å². The Morgan fingerprint density at radius 1 is 1.40 bits per heavy atom. The zero-order valence-corrected chi connectivity index (χ0v) is 6.06. The minimum absolute atomic E-state index is 0.582. The zero-order chi connectivity index (χ0) is 7.40. The van der Waals surface area contributed by atoms with Crippen LogP contribution in [0.1, 0.15) is 0 Å². The van der Waals surface area contributed by atoms with E-state index in [0.717, 1.165) is 12.6 Å². The first-order chi connectivity index (χ1) is 4.86. The number of carbonyl (C=O) groups excluding carboxylic acids is 2. The zero-order valence-electron chi connectivity index (χ0n) is 5.24. The van der Waals surface area contributed by atoms with Gasteiger partial charge in [0.15, 0.2) is 6.29 Å². The van der Waals surface area contributed by atoms with Crippen molar-refractivity contribution in [2.75, 3.05) is 5.75 Å². The van der Waals surface area contributed by atoms with Crippen molar-refractivity contribution in [1.29, 1.82) is 0 Å². The van der Waals surface area contributed by atoms with Crippen molar-refractivity contribution in [2.24, 2.45) is 0 Å². The Balaban J connectivity index is 2.79. The summed E-state index contributed by atoms with van der Waals surface area (Å²) in [6.07, 6.45) is 3.13. The van der Waals surface area contributed by atoms with Crippen LogP contribution in [0.25, 0.3) is 0 Å². The number of aldehydes is 2. The average Bonchev–Trinajstić information content (AvgIpc) is 2.05. The summed E-state index contributed by atoms with van der Waals surface area (Å²) in [7, 11) is 0. The van der Waals surface area contributed by atoms with Crippen molar-refractivity contribution >= 4 is 24.3 Å². The van der Waals surface area contributed by atoms with Gasteiger partial charge < -0.3 is 0 Å². The molecule has 0 radical (unpaired) electrons. The molecule has 0 amide bonds. The minimum Gasteiger partial charge on any atom is -0.298 e. The molecule has 0 unspecified atom stereocenters. The molecule has 2 nitrogen and oxygen atoms in total. The number of hydrogen-bond donors (Lipinski definition) is 0. The highest BCUT2D eigenvalue weighted by Gasteiger charge is 2.02. The second kappa shape index (κ2) is 3.37. The minimum atomic E-state index is 0.582. The molecular formula is C7H6O2S. The number of allylic oxidation sites excluding steroid dienone is 2. The van der Waals surface area contributed by atoms with Crippen molar-refractivity contribution in [2.45, 2.75) is 0 Å². The summed E-state index contributed by atoms with van der Waals surface area (Å²) in [5.41, 5.74) is 1.26. The van der Waals surface area contributed by atoms with Gasteiger partial charge in [0.05, 0.1) is 0 Å². The second-order valence-corrected chi connectivity index (χ2v) is 2.74. The predicted octanol–water partition coefficient (Wildman–Crippen LogP) is 0.941. The topological polar surface area (TPSA) is 34.1 Å². The third-order valence-electron chi connectivity index (χ3n) is 1.11. The third kappa shape index (κ3) is 1.57. The van der Waals surface area contributed by atoms with Crippen LogP contribution >= 0.6 is 11.8 Å². The maximum Gasteiger partial charge on any atom is 0.150 e. The normalized spacial score (nSPS) is 17.2. The molecule has 0 atom stereocenters. The summed E-state index contributed by atoms with van der Waals surface area (Å²) < 4.78 is 0. The molecule has 52 valence electrons. The van der Waals surface area contributed by atoms with E-state index >= 15 is 0 Å². The lowest BCUT2D eigenvalue weighted by Gasteiger charge is -2.02. The summed E-state index contributed by atoms with van der Waals surface area (Å²) in [6, 6.07) is 0. The summed E-state index contributed by atoms with van der Waals surface area (Å²) in [5, 5.41) is 1.75. The smallest absolute Gasteiger partial charge is 0.150 e. The van der Waals surface area contributed by atoms with Gasteiger partial charge in [-0.2, -0.15) is 0 Å². The molecule has 0 aliphatic carbocycles. The molecule has 0 fully saturated rings. The maximum atomic E-state index is 10.2. The van der Waals surface area contributed by atoms with E-state index < -0.39 is 0 Å². The standard InChI is InChI=1S/C7H6O2S/c8-2-6-1-7(3-9)5-10-4-6/h1-4H,5H2. The van der Waals surface area contributed by atoms with Crippen LogP contribution in [0.15, 0.2) is 22.6 Å². The predicted molar refractivity (Wildman–Crippen MR) is 40.8 cm³/mol. The summed E-state index contributed by atoms with van der Waals surface area (Å²) in [6.45, 7) is 0. The van der Waals surface area contributed by atoms with Gasteiger partial charge in [0, 0.05) is 16.9 Å². The highest BCUT2D eigenvalue weighted by atomic mass is 32.2. The van der Waals surface area contributed by atoms with E-state index in [0.29, 0.717) is 16.9 Å². The summed E-state index contributed by atoms with van der Waals surface area (Å²) >= 11 is 1.47. The van der Waals surface area contributed by atoms with Crippen molar-refractivity contribution in [3.05, 3.63) is 22.6 Å². The Hall–Kier alpha value is -0.830. The van der Waals surface area contributed by atoms with Gasteiger partial charge >= 0.3 is 0 Å². The van der Waals surface area contributed by atoms with E-state index in [9.17, 15) is 9.59 Å². The molecule has 0 aromatic carbocycles. The molecule has 0 saturated heterocycles. The Kier molecular flexibility index (Phi) is 2.45. The van der Waals surface area contributed by atoms with Crippen LogP contribution in [0.2, 0.25) is 0 Å². The first kappa shape index (κ1) is 7.28. The molecule has 0 bridgehead atoms. The number of hydrogen-bond acceptors (Lipinski definition) is 3. The lowest BCUT2D eigenvalue weighted by Crippen LogP contribution is -1.95. The molecular weight excluding hydrogens is 148 g/mol. The highest BCUT2D eigenvalue weighted by molar-refractivity contribution is 8.02. The van der Waals surface area contributed by atoms with Gasteiger partial charge in [-0.15, -0.1) is 11.8 Å². The molecule has 3 heteroatoms. The Morgan fingerprint density at radius 2 is 2.20 bits per heavy atom. The highest BCUT2D eigenvalue weighted by Crippen LogP contribution is 2.17. The fourth-order valence-electron chi connectivity index (χ4n) is 0.654. The average molecular weight is 154 g/mol. The lowest BCUT2D eigenvalue weighted by molar-refractivity contribution is -0.105. The maximum absolute atomic E-state index is 10.2. The molecule has 0 saturated carbocycles. The summed E-state index contributed by atoms with van der Waals surface area (Å²) in [5.74, 6) is 0.681. The van der Waals surface area contributed by atoms with Gasteiger partial charge in [-0.05, 0) is 11.5 Å². The van der Waals surface area contributed by atoms with E-state index in [-0.39, 0.29) is 0 Å². The van der Waals surface area contributed by atoms with Crippen LogP contribution in [0.5, 0.6) is 0 Å². The first-order valence-corrected chi connectivity index (χ1v) is 3.84. The van der Waals surface area contributed by atoms with E-state index in [1.54, 1.807) is 11.5 Å². The van der Waals surface area contributed by atoms with Crippen LogP contribution < -0.4 is 0 Å². The van der Waals surface area contributed by atoms with E-state index in [1.807, 2.05) is 0 Å². The molecule has 1 heterocycles. The van der Waals surface area contributed by atoms with E-state index in [2.05, 4.69) is 0 Å². The largest absolute Gasteiger partial charge is 0.298 e. The fourth-order valence-corrected chi connectivity index (χ4v) is 1.40. The quantitative estimate of drug-likeness (QED) is 0.555. The molecule has 0 spiro atoms. The Bertz CT molecular complexity index is 216. The number of thioether (sulfide) groups is 1. The van der Waals surface area contributed by atoms with Crippen molar-refractivity contribution in [3.8, 4) is 0 Å². The third-order valence-corrected chi connectivity index (χ3v) is 2.05.